The van der Waals surface area contributed by atoms with Crippen molar-refractivity contribution in [3.8, 4) is 27.5 Å². The van der Waals surface area contributed by atoms with Gasteiger partial charge in [-0.2, -0.15) is 5.10 Å². The topological polar surface area (TPSA) is 99.0 Å². The lowest BCUT2D eigenvalue weighted by molar-refractivity contribution is -0.114. The minimum absolute atomic E-state index is 0.168. The highest BCUT2D eigenvalue weighted by molar-refractivity contribution is 7.19. The molecule has 172 valence electrons. The molecule has 1 N–H and O–H groups in total. The molecule has 34 heavy (non-hydrogen) atoms. The highest BCUT2D eigenvalue weighted by atomic mass is 32.1. The molecule has 0 saturated carbocycles. The molecule has 4 aromatic rings. The molecule has 3 aromatic heterocycles. The fraction of sp³-hybridized carbons (Fsp3) is 0.174. The van der Waals surface area contributed by atoms with Crippen molar-refractivity contribution in [3.63, 3.8) is 0 Å². The molecule has 0 saturated heterocycles. The van der Waals surface area contributed by atoms with E-state index in [4.69, 9.17) is 0 Å². The van der Waals surface area contributed by atoms with Gasteiger partial charge in [-0.1, -0.05) is 11.3 Å². The first-order chi connectivity index (χ1) is 16.4. The van der Waals surface area contributed by atoms with Crippen LogP contribution in [-0.2, 0) is 22.4 Å². The van der Waals surface area contributed by atoms with E-state index in [1.165, 1.54) is 22.9 Å². The monoisotopic (exact) mass is 481 g/mol. The van der Waals surface area contributed by atoms with Gasteiger partial charge in [-0.25, -0.2) is 23.2 Å². The van der Waals surface area contributed by atoms with Gasteiger partial charge < -0.3 is 10.1 Å². The Hall–Kier alpha value is -3.99. The number of anilines is 1. The summed E-state index contributed by atoms with van der Waals surface area (Å²) in [4.78, 5) is 32.7. The number of carbonyl (C=O) groups excluding carboxylic acids is 2. The highest BCUT2D eigenvalue weighted by Gasteiger charge is 2.31. The average Bonchev–Trinajstić information content (AvgIpc) is 3.40. The van der Waals surface area contributed by atoms with E-state index in [-0.39, 0.29) is 11.6 Å². The number of aryl methyl sites for hydroxylation is 1. The molecule has 1 amide bonds. The molecule has 5 rings (SSSR count). The lowest BCUT2D eigenvalue weighted by Gasteiger charge is -2.15. The Labute approximate surface area is 196 Å². The van der Waals surface area contributed by atoms with Gasteiger partial charge in [0, 0.05) is 36.5 Å². The molecule has 1 aliphatic carbocycles. The molecule has 3 heterocycles. The predicted molar refractivity (Wildman–Crippen MR) is 121 cm³/mol. The molecule has 0 bridgehead atoms. The third-order valence-electron chi connectivity index (χ3n) is 5.40. The molecule has 0 spiro atoms. The summed E-state index contributed by atoms with van der Waals surface area (Å²) in [5.41, 5.74) is 2.74. The van der Waals surface area contributed by atoms with Gasteiger partial charge in [0.05, 0.1) is 34.6 Å². The second kappa shape index (κ2) is 8.41. The van der Waals surface area contributed by atoms with Crippen molar-refractivity contribution in [2.75, 3.05) is 12.4 Å². The van der Waals surface area contributed by atoms with Crippen LogP contribution in [0.3, 0.4) is 0 Å². The quantitative estimate of drug-likeness (QED) is 0.439. The SMILES string of the molecule is COC(=O)c1cc(F)c(-n2nc(-c3cccnc3)c3c2-c2sc(NC(C)=O)nc2CC3)cc1F. The van der Waals surface area contributed by atoms with E-state index in [0.717, 1.165) is 36.1 Å². The molecular weight excluding hydrogens is 464 g/mol. The van der Waals surface area contributed by atoms with Crippen molar-refractivity contribution in [2.45, 2.75) is 19.8 Å². The fourth-order valence-electron chi connectivity index (χ4n) is 3.95. The number of pyridine rings is 1. The number of aromatic nitrogens is 4. The first kappa shape index (κ1) is 21.8. The van der Waals surface area contributed by atoms with E-state index in [1.807, 2.05) is 6.07 Å². The number of methoxy groups -OCH3 is 1. The van der Waals surface area contributed by atoms with Crippen molar-refractivity contribution in [2.24, 2.45) is 0 Å². The largest absolute Gasteiger partial charge is 0.465 e. The van der Waals surface area contributed by atoms with Gasteiger partial charge in [0.25, 0.3) is 0 Å². The van der Waals surface area contributed by atoms with Crippen molar-refractivity contribution >= 4 is 28.3 Å². The molecule has 0 aliphatic heterocycles. The fourth-order valence-corrected chi connectivity index (χ4v) is 5.06. The summed E-state index contributed by atoms with van der Waals surface area (Å²) in [5.74, 6) is -3.02. The van der Waals surface area contributed by atoms with Crippen LogP contribution in [0.2, 0.25) is 0 Å². The summed E-state index contributed by atoms with van der Waals surface area (Å²) < 4.78 is 35.9. The van der Waals surface area contributed by atoms with Crippen LogP contribution in [0.25, 0.3) is 27.5 Å². The number of rotatable bonds is 4. The Morgan fingerprint density at radius 3 is 2.74 bits per heavy atom. The average molecular weight is 481 g/mol. The Balaban J connectivity index is 1.75. The number of esters is 1. The van der Waals surface area contributed by atoms with Gasteiger partial charge >= 0.3 is 5.97 Å². The van der Waals surface area contributed by atoms with Crippen molar-refractivity contribution in [1.82, 2.24) is 19.7 Å². The molecule has 1 aliphatic rings. The second-order valence-electron chi connectivity index (χ2n) is 7.58. The molecule has 0 fully saturated rings. The van der Waals surface area contributed by atoms with Crippen LogP contribution < -0.4 is 5.32 Å². The summed E-state index contributed by atoms with van der Waals surface area (Å²) in [5, 5.41) is 7.73. The molecule has 0 atom stereocenters. The number of amides is 1. The van der Waals surface area contributed by atoms with Crippen LogP contribution >= 0.6 is 11.3 Å². The minimum Gasteiger partial charge on any atom is -0.465 e. The molecular formula is C23H17F2N5O3S. The van der Waals surface area contributed by atoms with Gasteiger partial charge in [-0.05, 0) is 31.0 Å². The summed E-state index contributed by atoms with van der Waals surface area (Å²) >= 11 is 1.24. The number of hydrogen-bond acceptors (Lipinski definition) is 7. The summed E-state index contributed by atoms with van der Waals surface area (Å²) in [6, 6.07) is 5.32. The van der Waals surface area contributed by atoms with Crippen LogP contribution in [-0.4, -0.2) is 38.7 Å². The van der Waals surface area contributed by atoms with Gasteiger partial charge in [0.2, 0.25) is 5.91 Å². The predicted octanol–water partition coefficient (Wildman–Crippen LogP) is 4.18. The summed E-state index contributed by atoms with van der Waals surface area (Å²) in [6.07, 6.45) is 4.43. The van der Waals surface area contributed by atoms with E-state index in [0.29, 0.717) is 34.2 Å². The Morgan fingerprint density at radius 2 is 2.03 bits per heavy atom. The van der Waals surface area contributed by atoms with E-state index in [9.17, 15) is 14.0 Å². The van der Waals surface area contributed by atoms with Crippen LogP contribution in [0, 0.1) is 11.6 Å². The van der Waals surface area contributed by atoms with Crippen LogP contribution in [0.1, 0.15) is 28.5 Å². The van der Waals surface area contributed by atoms with Gasteiger partial charge in [0.15, 0.2) is 5.13 Å². The first-order valence-corrected chi connectivity index (χ1v) is 11.1. The van der Waals surface area contributed by atoms with Crippen LogP contribution in [0.15, 0.2) is 36.7 Å². The maximum absolute atomic E-state index is 15.2. The van der Waals surface area contributed by atoms with E-state index in [1.54, 1.807) is 18.5 Å². The highest BCUT2D eigenvalue weighted by Crippen LogP contribution is 2.44. The number of ether oxygens (including phenoxy) is 1. The Bertz CT molecular complexity index is 1450. The number of benzene rings is 1. The van der Waals surface area contributed by atoms with Crippen molar-refractivity contribution in [1.29, 1.82) is 0 Å². The molecule has 11 heteroatoms. The van der Waals surface area contributed by atoms with Gasteiger partial charge in [-0.3, -0.25) is 9.78 Å². The number of fused-ring (bicyclic) bond motifs is 3. The molecule has 0 radical (unpaired) electrons. The second-order valence-corrected chi connectivity index (χ2v) is 8.58. The van der Waals surface area contributed by atoms with Gasteiger partial charge in [0.1, 0.15) is 17.3 Å². The standard InChI is InChI=1S/C23H17F2N5O3S/c1-11(31)27-23-28-17-6-5-13-19(12-4-3-7-26-10-12)29-30(20(13)21(17)34-23)18-9-15(24)14(8-16(18)25)22(32)33-2/h3-4,7-10H,5-6H2,1-2H3,(H,27,28,31). The smallest absolute Gasteiger partial charge is 0.340 e. The lowest BCUT2D eigenvalue weighted by Crippen LogP contribution is -2.10. The van der Waals surface area contributed by atoms with Crippen LogP contribution in [0.4, 0.5) is 13.9 Å². The van der Waals surface area contributed by atoms with E-state index < -0.39 is 23.2 Å². The number of thiazole rings is 1. The third kappa shape index (κ3) is 3.63. The first-order valence-electron chi connectivity index (χ1n) is 10.2. The molecule has 0 unspecified atom stereocenters. The normalized spacial score (nSPS) is 12.1. The Morgan fingerprint density at radius 1 is 1.21 bits per heavy atom. The zero-order chi connectivity index (χ0) is 24.0. The number of hydrogen-bond donors (Lipinski definition) is 1. The Kier molecular flexibility index (Phi) is 5.40. The lowest BCUT2D eigenvalue weighted by atomic mass is 9.95. The van der Waals surface area contributed by atoms with E-state index >= 15 is 4.39 Å². The van der Waals surface area contributed by atoms with Crippen molar-refractivity contribution in [3.05, 3.63) is 65.1 Å². The maximum atomic E-state index is 15.2. The van der Waals surface area contributed by atoms with Gasteiger partial charge in [-0.15, -0.1) is 0 Å². The number of nitrogens with one attached hydrogen (secondary N) is 1. The number of nitrogens with zero attached hydrogens (tertiary/aromatic N) is 4. The zero-order valence-electron chi connectivity index (χ0n) is 18.1. The molecule has 8 nitrogen and oxygen atoms in total. The summed E-state index contributed by atoms with van der Waals surface area (Å²) in [6.45, 7) is 1.39. The zero-order valence-corrected chi connectivity index (χ0v) is 18.9. The number of carbonyl (C=O) groups is 2. The minimum atomic E-state index is -0.980. The van der Waals surface area contributed by atoms with E-state index in [2.05, 4.69) is 25.1 Å². The summed E-state index contributed by atoms with van der Waals surface area (Å²) in [7, 11) is 1.09. The third-order valence-corrected chi connectivity index (χ3v) is 6.42. The maximum Gasteiger partial charge on any atom is 0.340 e. The van der Waals surface area contributed by atoms with Crippen molar-refractivity contribution < 1.29 is 23.1 Å². The van der Waals surface area contributed by atoms with Crippen LogP contribution in [0.5, 0.6) is 0 Å². The molecule has 1 aromatic carbocycles. The number of halogens is 2.